The fourth-order valence-electron chi connectivity index (χ4n) is 4.85. The standard InChI is InChI=1S/C28H40N4O4/c1-4-20(5-2)28(35)32-14-8-11-25(32)27(34)31-24(26(33)30-18-23(17-29)36-3)16-19-12-13-21-9-6-7-10-22(21)15-19/h6-7,9-10,12-13,15,20,23-25H,4-5,8,11,14,16-18,29H2,1-3H3,(H,30,33)(H,31,34). The Morgan fingerprint density at radius 1 is 1.11 bits per heavy atom. The van der Waals surface area contributed by atoms with Crippen molar-refractivity contribution in [1.29, 1.82) is 0 Å². The fraction of sp³-hybridized carbons (Fsp3) is 0.536. The number of hydrogen-bond acceptors (Lipinski definition) is 5. The Morgan fingerprint density at radius 3 is 2.50 bits per heavy atom. The van der Waals surface area contributed by atoms with Crippen LogP contribution >= 0.6 is 0 Å². The van der Waals surface area contributed by atoms with Crippen molar-refractivity contribution in [2.45, 2.75) is 64.1 Å². The molecule has 1 heterocycles. The SMILES string of the molecule is CCC(CC)C(=O)N1CCCC1C(=O)NC(Cc1ccc2ccccc2c1)C(=O)NCC(CN)OC. The van der Waals surface area contributed by atoms with Crippen molar-refractivity contribution in [3.05, 3.63) is 48.0 Å². The molecule has 0 aliphatic carbocycles. The predicted octanol–water partition coefficient (Wildman–Crippen LogP) is 2.38. The van der Waals surface area contributed by atoms with Gasteiger partial charge in [-0.15, -0.1) is 0 Å². The molecule has 36 heavy (non-hydrogen) atoms. The molecule has 0 aromatic heterocycles. The molecule has 2 aromatic carbocycles. The molecule has 3 unspecified atom stereocenters. The lowest BCUT2D eigenvalue weighted by Gasteiger charge is -2.29. The van der Waals surface area contributed by atoms with E-state index in [2.05, 4.69) is 10.6 Å². The molecule has 1 aliphatic heterocycles. The van der Waals surface area contributed by atoms with E-state index >= 15 is 0 Å². The number of ether oxygens (including phenoxy) is 1. The zero-order valence-electron chi connectivity index (χ0n) is 21.7. The van der Waals surface area contributed by atoms with Crippen molar-refractivity contribution in [2.75, 3.05) is 26.7 Å². The van der Waals surface area contributed by atoms with Gasteiger partial charge in [0.2, 0.25) is 17.7 Å². The lowest BCUT2D eigenvalue weighted by atomic mass is 10.00. The Labute approximate surface area is 213 Å². The smallest absolute Gasteiger partial charge is 0.243 e. The Balaban J connectivity index is 1.78. The molecule has 196 valence electrons. The minimum atomic E-state index is -0.792. The van der Waals surface area contributed by atoms with Gasteiger partial charge >= 0.3 is 0 Å². The van der Waals surface area contributed by atoms with Crippen LogP contribution in [0.3, 0.4) is 0 Å². The van der Waals surface area contributed by atoms with Crippen molar-refractivity contribution in [3.8, 4) is 0 Å². The number of amides is 3. The number of benzene rings is 2. The monoisotopic (exact) mass is 496 g/mol. The van der Waals surface area contributed by atoms with Gasteiger partial charge in [-0.3, -0.25) is 14.4 Å². The van der Waals surface area contributed by atoms with E-state index in [0.29, 0.717) is 19.4 Å². The van der Waals surface area contributed by atoms with Crippen LogP contribution in [0.4, 0.5) is 0 Å². The van der Waals surface area contributed by atoms with E-state index in [1.807, 2.05) is 56.3 Å². The molecule has 2 aromatic rings. The molecular formula is C28H40N4O4. The third-order valence-corrected chi connectivity index (χ3v) is 7.16. The molecule has 0 saturated carbocycles. The number of nitrogens with zero attached hydrogens (tertiary/aromatic N) is 1. The topological polar surface area (TPSA) is 114 Å². The Bertz CT molecular complexity index is 1040. The quantitative estimate of drug-likeness (QED) is 0.418. The van der Waals surface area contributed by atoms with Gasteiger partial charge in [-0.1, -0.05) is 56.3 Å². The fourth-order valence-corrected chi connectivity index (χ4v) is 4.85. The number of methoxy groups -OCH3 is 1. The molecular weight excluding hydrogens is 456 g/mol. The zero-order chi connectivity index (χ0) is 26.1. The number of carbonyl (C=O) groups excluding carboxylic acids is 3. The largest absolute Gasteiger partial charge is 0.378 e. The molecule has 1 saturated heterocycles. The van der Waals surface area contributed by atoms with E-state index in [4.69, 9.17) is 10.5 Å². The summed E-state index contributed by atoms with van der Waals surface area (Å²) < 4.78 is 5.27. The summed E-state index contributed by atoms with van der Waals surface area (Å²) in [5, 5.41) is 8.01. The van der Waals surface area contributed by atoms with Crippen molar-refractivity contribution < 1.29 is 19.1 Å². The predicted molar refractivity (Wildman–Crippen MR) is 141 cm³/mol. The van der Waals surface area contributed by atoms with E-state index in [9.17, 15) is 14.4 Å². The van der Waals surface area contributed by atoms with Gasteiger partial charge in [0.05, 0.1) is 6.10 Å². The average Bonchev–Trinajstić information content (AvgIpc) is 3.39. The van der Waals surface area contributed by atoms with Crippen LogP contribution in [-0.4, -0.2) is 67.6 Å². The number of carbonyl (C=O) groups is 3. The molecule has 4 N–H and O–H groups in total. The molecule has 1 aliphatic rings. The van der Waals surface area contributed by atoms with Gasteiger partial charge < -0.3 is 26.0 Å². The lowest BCUT2D eigenvalue weighted by Crippen LogP contribution is -2.55. The molecule has 3 atom stereocenters. The van der Waals surface area contributed by atoms with E-state index in [0.717, 1.165) is 35.6 Å². The maximum atomic E-state index is 13.4. The summed E-state index contributed by atoms with van der Waals surface area (Å²) in [5.74, 6) is -0.644. The van der Waals surface area contributed by atoms with Gasteiger partial charge in [0.15, 0.2) is 0 Å². The summed E-state index contributed by atoms with van der Waals surface area (Å²) in [4.78, 5) is 41.4. The summed E-state index contributed by atoms with van der Waals surface area (Å²) >= 11 is 0. The van der Waals surface area contributed by atoms with Crippen LogP contribution in [0.25, 0.3) is 10.8 Å². The molecule has 0 radical (unpaired) electrons. The van der Waals surface area contributed by atoms with Crippen LogP contribution in [0.5, 0.6) is 0 Å². The first-order chi connectivity index (χ1) is 17.4. The maximum Gasteiger partial charge on any atom is 0.243 e. The Hall–Kier alpha value is -2.97. The van der Waals surface area contributed by atoms with Gasteiger partial charge in [-0.25, -0.2) is 0 Å². The van der Waals surface area contributed by atoms with Crippen molar-refractivity contribution in [3.63, 3.8) is 0 Å². The molecule has 1 fully saturated rings. The van der Waals surface area contributed by atoms with Crippen LogP contribution in [0.2, 0.25) is 0 Å². The minimum absolute atomic E-state index is 0.0269. The highest BCUT2D eigenvalue weighted by Crippen LogP contribution is 2.23. The van der Waals surface area contributed by atoms with E-state index in [-0.39, 0.29) is 42.8 Å². The van der Waals surface area contributed by atoms with Gasteiger partial charge in [-0.05, 0) is 42.0 Å². The average molecular weight is 497 g/mol. The lowest BCUT2D eigenvalue weighted by molar-refractivity contribution is -0.142. The van der Waals surface area contributed by atoms with Gasteiger partial charge in [-0.2, -0.15) is 0 Å². The third-order valence-electron chi connectivity index (χ3n) is 7.16. The highest BCUT2D eigenvalue weighted by molar-refractivity contribution is 5.93. The van der Waals surface area contributed by atoms with Crippen LogP contribution in [0.1, 0.15) is 45.1 Å². The third kappa shape index (κ3) is 6.83. The van der Waals surface area contributed by atoms with Crippen molar-refractivity contribution in [1.82, 2.24) is 15.5 Å². The number of fused-ring (bicyclic) bond motifs is 1. The summed E-state index contributed by atoms with van der Waals surface area (Å²) in [6.45, 7) is 5.08. The normalized spacial score (nSPS) is 17.2. The number of likely N-dealkylation sites (tertiary alicyclic amines) is 1. The summed E-state index contributed by atoms with van der Waals surface area (Å²) in [6, 6.07) is 12.7. The zero-order valence-corrected chi connectivity index (χ0v) is 21.7. The Morgan fingerprint density at radius 2 is 1.83 bits per heavy atom. The number of nitrogens with two attached hydrogens (primary N) is 1. The molecule has 3 amide bonds. The van der Waals surface area contributed by atoms with Crippen molar-refractivity contribution >= 4 is 28.5 Å². The number of hydrogen-bond donors (Lipinski definition) is 3. The van der Waals surface area contributed by atoms with Crippen molar-refractivity contribution in [2.24, 2.45) is 11.7 Å². The summed E-state index contributed by atoms with van der Waals surface area (Å²) in [6.07, 6.45) is 2.88. The van der Waals surface area contributed by atoms with E-state index in [1.165, 1.54) is 0 Å². The van der Waals surface area contributed by atoms with E-state index in [1.54, 1.807) is 12.0 Å². The second-order valence-electron chi connectivity index (χ2n) is 9.49. The number of nitrogens with one attached hydrogen (secondary N) is 2. The second-order valence-corrected chi connectivity index (χ2v) is 9.49. The molecule has 0 spiro atoms. The van der Waals surface area contributed by atoms with Crippen LogP contribution in [-0.2, 0) is 25.5 Å². The summed E-state index contributed by atoms with van der Waals surface area (Å²) in [5.41, 5.74) is 6.63. The second kappa shape index (κ2) is 13.4. The summed E-state index contributed by atoms with van der Waals surface area (Å²) in [7, 11) is 1.55. The maximum absolute atomic E-state index is 13.4. The van der Waals surface area contributed by atoms with Crippen LogP contribution in [0, 0.1) is 5.92 Å². The Kier molecular flexibility index (Phi) is 10.3. The number of rotatable bonds is 12. The van der Waals surface area contributed by atoms with Gasteiger partial charge in [0.1, 0.15) is 12.1 Å². The molecule has 0 bridgehead atoms. The molecule has 8 nitrogen and oxygen atoms in total. The highest BCUT2D eigenvalue weighted by Gasteiger charge is 2.37. The van der Waals surface area contributed by atoms with Gasteiger partial charge in [0, 0.05) is 39.1 Å². The first kappa shape index (κ1) is 27.6. The van der Waals surface area contributed by atoms with E-state index < -0.39 is 12.1 Å². The highest BCUT2D eigenvalue weighted by atomic mass is 16.5. The molecule has 8 heteroatoms. The molecule has 3 rings (SSSR count). The van der Waals surface area contributed by atoms with Gasteiger partial charge in [0.25, 0.3) is 0 Å². The van der Waals surface area contributed by atoms with Crippen LogP contribution < -0.4 is 16.4 Å². The first-order valence-corrected chi connectivity index (χ1v) is 13.0. The first-order valence-electron chi connectivity index (χ1n) is 13.0. The minimum Gasteiger partial charge on any atom is -0.378 e. The van der Waals surface area contributed by atoms with Crippen LogP contribution in [0.15, 0.2) is 42.5 Å².